The van der Waals surface area contributed by atoms with Gasteiger partial charge in [0.15, 0.2) is 0 Å². The van der Waals surface area contributed by atoms with Crippen LogP contribution in [0.4, 0.5) is 0 Å². The Morgan fingerprint density at radius 2 is 1.54 bits per heavy atom. The van der Waals surface area contributed by atoms with E-state index in [4.69, 9.17) is 29.8 Å². The molecule has 0 aliphatic carbocycles. The number of rotatable bonds is 16. The van der Waals surface area contributed by atoms with Gasteiger partial charge in [0.05, 0.1) is 13.2 Å². The van der Waals surface area contributed by atoms with Crippen molar-refractivity contribution in [3.8, 4) is 0 Å². The molecule has 0 rings (SSSR count). The first-order valence-electron chi connectivity index (χ1n) is 8.61. The van der Waals surface area contributed by atoms with Crippen molar-refractivity contribution in [2.24, 2.45) is 21.8 Å². The molecule has 2 atom stereocenters. The third kappa shape index (κ3) is 18.5. The van der Waals surface area contributed by atoms with Crippen molar-refractivity contribution in [2.75, 3.05) is 36.2 Å². The normalized spacial score (nSPS) is 16.5. The van der Waals surface area contributed by atoms with Gasteiger partial charge >= 0.3 is 7.75 Å². The molecule has 0 saturated carbocycles. The summed E-state index contributed by atoms with van der Waals surface area (Å²) in [7, 11) is -5.64. The van der Waals surface area contributed by atoms with E-state index in [2.05, 4.69) is 13.8 Å². The van der Waals surface area contributed by atoms with E-state index >= 15 is 0 Å². The molecule has 0 spiro atoms. The van der Waals surface area contributed by atoms with Crippen LogP contribution >= 0.6 is 39.8 Å². The second-order valence-electron chi connectivity index (χ2n) is 7.82. The Labute approximate surface area is 168 Å². The summed E-state index contributed by atoms with van der Waals surface area (Å²) in [6, 6.07) is 0. The van der Waals surface area contributed by atoms with E-state index in [1.54, 1.807) is 0 Å². The van der Waals surface area contributed by atoms with Crippen molar-refractivity contribution in [1.82, 2.24) is 0 Å². The zero-order valence-corrected chi connectivity index (χ0v) is 19.8. The maximum Gasteiger partial charge on any atom is 0.400 e. The Kier molecular flexibility index (Phi) is 13.9. The monoisotopic (exact) mass is 450 g/mol. The van der Waals surface area contributed by atoms with Gasteiger partial charge in [0.25, 0.3) is 0 Å². The first-order chi connectivity index (χ1) is 11.8. The molecular formula is C15H36N2O5P2S2. The minimum Gasteiger partial charge on any atom is -0.338 e. The summed E-state index contributed by atoms with van der Waals surface area (Å²) in [5, 5.41) is 0. The molecule has 0 fully saturated rings. The average Bonchev–Trinajstić information content (AvgIpc) is 2.49. The van der Waals surface area contributed by atoms with Gasteiger partial charge in [-0.2, -0.15) is 23.5 Å². The van der Waals surface area contributed by atoms with Gasteiger partial charge in [-0.1, -0.05) is 27.7 Å². The Bertz CT molecular complexity index is 423. The lowest BCUT2D eigenvalue weighted by Gasteiger charge is -2.24. The molecule has 6 N–H and O–H groups in total. The summed E-state index contributed by atoms with van der Waals surface area (Å²) >= 11 is 3.86. The Morgan fingerprint density at radius 3 is 2.08 bits per heavy atom. The van der Waals surface area contributed by atoms with Crippen molar-refractivity contribution in [3.05, 3.63) is 0 Å². The first-order valence-corrected chi connectivity index (χ1v) is 13.8. The van der Waals surface area contributed by atoms with E-state index in [-0.39, 0.29) is 17.4 Å². The van der Waals surface area contributed by atoms with Crippen LogP contribution in [0.1, 0.15) is 47.0 Å². The van der Waals surface area contributed by atoms with Crippen LogP contribution < -0.4 is 11.0 Å². The quantitative estimate of drug-likeness (QED) is 0.204. The SMILES string of the molecule is CC(C)(CCSCCSCCCC(C)(C)COP(N)(=O)O)COP(N)O. The lowest BCUT2D eigenvalue weighted by atomic mass is 9.89. The lowest BCUT2D eigenvalue weighted by molar-refractivity contribution is 0.151. The Morgan fingerprint density at radius 1 is 1.00 bits per heavy atom. The molecule has 158 valence electrons. The minimum absolute atomic E-state index is 0.0263. The van der Waals surface area contributed by atoms with Gasteiger partial charge in [-0.15, -0.1) is 0 Å². The van der Waals surface area contributed by atoms with Crippen LogP contribution in [-0.2, 0) is 13.6 Å². The van der Waals surface area contributed by atoms with Crippen LogP contribution in [0.2, 0.25) is 0 Å². The fourth-order valence-corrected chi connectivity index (χ4v) is 5.39. The van der Waals surface area contributed by atoms with Gasteiger partial charge in [0, 0.05) is 11.5 Å². The summed E-state index contributed by atoms with van der Waals surface area (Å²) in [6.07, 6.45) is 2.99. The van der Waals surface area contributed by atoms with Crippen LogP contribution in [0.5, 0.6) is 0 Å². The van der Waals surface area contributed by atoms with Crippen molar-refractivity contribution in [3.63, 3.8) is 0 Å². The first kappa shape index (κ1) is 27.1. The molecule has 0 aromatic heterocycles. The van der Waals surface area contributed by atoms with Gasteiger partial charge in [-0.3, -0.25) is 10.0 Å². The highest BCUT2D eigenvalue weighted by molar-refractivity contribution is 8.02. The highest BCUT2D eigenvalue weighted by Gasteiger charge is 2.22. The number of hydrogen-bond donors (Lipinski definition) is 4. The maximum atomic E-state index is 11.0. The second kappa shape index (κ2) is 13.4. The van der Waals surface area contributed by atoms with E-state index in [1.165, 1.54) is 0 Å². The molecule has 2 unspecified atom stereocenters. The minimum atomic E-state index is -3.88. The number of thioether (sulfide) groups is 2. The van der Waals surface area contributed by atoms with Gasteiger partial charge in [0.2, 0.25) is 8.53 Å². The topological polar surface area (TPSA) is 128 Å². The lowest BCUT2D eigenvalue weighted by Crippen LogP contribution is -2.20. The molecule has 0 aliphatic heterocycles. The molecule has 0 aromatic carbocycles. The predicted octanol–water partition coefficient (Wildman–Crippen LogP) is 3.95. The molecule has 26 heavy (non-hydrogen) atoms. The van der Waals surface area contributed by atoms with Gasteiger partial charge in [-0.25, -0.2) is 10.1 Å². The molecule has 0 saturated heterocycles. The predicted molar refractivity (Wildman–Crippen MR) is 115 cm³/mol. The molecule has 0 bridgehead atoms. The van der Waals surface area contributed by atoms with Crippen molar-refractivity contribution in [2.45, 2.75) is 47.0 Å². The van der Waals surface area contributed by atoms with E-state index in [9.17, 15) is 4.57 Å². The van der Waals surface area contributed by atoms with Gasteiger partial charge in [-0.05, 0) is 41.6 Å². The third-order valence-corrected chi connectivity index (χ3v) is 6.87. The van der Waals surface area contributed by atoms with Crippen molar-refractivity contribution in [1.29, 1.82) is 0 Å². The largest absolute Gasteiger partial charge is 0.400 e. The summed E-state index contributed by atoms with van der Waals surface area (Å²) < 4.78 is 20.9. The van der Waals surface area contributed by atoms with Crippen molar-refractivity contribution >= 4 is 39.8 Å². The summed E-state index contributed by atoms with van der Waals surface area (Å²) in [5.74, 6) is 4.35. The van der Waals surface area contributed by atoms with Gasteiger partial charge in [0.1, 0.15) is 0 Å². The molecule has 0 aromatic rings. The Hall–Kier alpha value is 1.12. The number of hydrogen-bond acceptors (Lipinski definition) is 7. The Balaban J connectivity index is 3.60. The highest BCUT2D eigenvalue weighted by atomic mass is 32.2. The molecule has 7 nitrogen and oxygen atoms in total. The fourth-order valence-electron chi connectivity index (χ4n) is 1.98. The van der Waals surface area contributed by atoms with Crippen LogP contribution in [0.3, 0.4) is 0 Å². The van der Waals surface area contributed by atoms with Crippen LogP contribution in [0.15, 0.2) is 0 Å². The highest BCUT2D eigenvalue weighted by Crippen LogP contribution is 2.36. The zero-order chi connectivity index (χ0) is 20.3. The molecule has 0 amide bonds. The van der Waals surface area contributed by atoms with E-state index in [1.807, 2.05) is 37.4 Å². The van der Waals surface area contributed by atoms with E-state index in [0.29, 0.717) is 6.61 Å². The standard InChI is InChI=1S/C15H36N2O5P2S2/c1-14(2,13-22-24(17,19)20)6-5-8-25-10-11-26-9-7-15(3,4)12-21-23(16)18/h18H,5-13,16H2,1-4H3,(H3,17,19,20). The fraction of sp³-hybridized carbons (Fsp3) is 1.00. The zero-order valence-electron chi connectivity index (χ0n) is 16.3. The van der Waals surface area contributed by atoms with Crippen LogP contribution in [-0.4, -0.2) is 46.0 Å². The van der Waals surface area contributed by atoms with Crippen molar-refractivity contribution < 1.29 is 23.4 Å². The van der Waals surface area contributed by atoms with Gasteiger partial charge < -0.3 is 14.3 Å². The van der Waals surface area contributed by atoms with E-state index < -0.39 is 16.3 Å². The van der Waals surface area contributed by atoms with Crippen LogP contribution in [0, 0.1) is 10.8 Å². The maximum absolute atomic E-state index is 11.0. The smallest absolute Gasteiger partial charge is 0.338 e. The molecule has 0 radical (unpaired) electrons. The van der Waals surface area contributed by atoms with E-state index in [0.717, 1.165) is 42.3 Å². The molecule has 0 aliphatic rings. The molecular weight excluding hydrogens is 414 g/mol. The molecule has 11 heteroatoms. The average molecular weight is 451 g/mol. The second-order valence-corrected chi connectivity index (χ2v) is 12.5. The molecule has 0 heterocycles. The number of nitrogens with two attached hydrogens (primary N) is 2. The summed E-state index contributed by atoms with van der Waals surface area (Å²) in [4.78, 5) is 18.0. The summed E-state index contributed by atoms with van der Waals surface area (Å²) in [5.41, 5.74) is 10.1. The summed E-state index contributed by atoms with van der Waals surface area (Å²) in [6.45, 7) is 8.94. The van der Waals surface area contributed by atoms with Crippen LogP contribution in [0.25, 0.3) is 0 Å². The third-order valence-electron chi connectivity index (χ3n) is 3.67.